The molecule has 0 bridgehead atoms. The molecule has 0 saturated carbocycles. The van der Waals surface area contributed by atoms with Gasteiger partial charge in [-0.3, -0.25) is 0 Å². The molecule has 0 radical (unpaired) electrons. The van der Waals surface area contributed by atoms with Gasteiger partial charge in [-0.2, -0.15) is 13.2 Å². The van der Waals surface area contributed by atoms with Crippen molar-refractivity contribution in [1.82, 2.24) is 0 Å². The predicted molar refractivity (Wildman–Crippen MR) is 86.5 cm³/mol. The molecule has 1 atom stereocenters. The van der Waals surface area contributed by atoms with Crippen LogP contribution in [0.3, 0.4) is 0 Å². The van der Waals surface area contributed by atoms with Crippen molar-refractivity contribution in [2.75, 3.05) is 12.4 Å². The van der Waals surface area contributed by atoms with Crippen LogP contribution in [0.2, 0.25) is 0 Å². The minimum absolute atomic E-state index is 0.0184. The highest BCUT2D eigenvalue weighted by Crippen LogP contribution is 2.30. The van der Waals surface area contributed by atoms with E-state index in [9.17, 15) is 23.4 Å². The van der Waals surface area contributed by atoms with E-state index >= 15 is 0 Å². The fourth-order valence-corrected chi connectivity index (χ4v) is 2.80. The maximum atomic E-state index is 12.4. The van der Waals surface area contributed by atoms with Crippen molar-refractivity contribution >= 4 is 11.8 Å². The monoisotopic (exact) mass is 358 g/mol. The second-order valence-electron chi connectivity index (χ2n) is 5.25. The Morgan fingerprint density at radius 2 is 1.79 bits per heavy atom. The molecule has 2 N–H and O–H groups in total. The Balaban J connectivity index is 1.80. The maximum Gasteiger partial charge on any atom is 0.416 e. The fraction of sp³-hybridized carbons (Fsp3) is 0.294. The molecule has 0 unspecified atom stereocenters. The molecular formula is C17H17F3O3S. The van der Waals surface area contributed by atoms with E-state index in [4.69, 9.17) is 4.74 Å². The number of phenolic OH excluding ortho intramolecular Hbond substituents is 1. The van der Waals surface area contributed by atoms with Gasteiger partial charge in [0.25, 0.3) is 0 Å². The first-order chi connectivity index (χ1) is 11.3. The van der Waals surface area contributed by atoms with Gasteiger partial charge < -0.3 is 14.9 Å². The summed E-state index contributed by atoms with van der Waals surface area (Å²) in [5, 5.41) is 19.4. The molecule has 7 heteroatoms. The molecule has 2 aromatic rings. The van der Waals surface area contributed by atoms with Gasteiger partial charge in [-0.1, -0.05) is 0 Å². The summed E-state index contributed by atoms with van der Waals surface area (Å²) in [5.74, 6) is 0.850. The lowest BCUT2D eigenvalue weighted by atomic mass is 10.2. The average Bonchev–Trinajstić information content (AvgIpc) is 2.53. The average molecular weight is 358 g/mol. The highest BCUT2D eigenvalue weighted by molar-refractivity contribution is 7.99. The highest BCUT2D eigenvalue weighted by atomic mass is 32.2. The quantitative estimate of drug-likeness (QED) is 0.758. The van der Waals surface area contributed by atoms with Crippen molar-refractivity contribution in [2.45, 2.75) is 24.1 Å². The van der Waals surface area contributed by atoms with Gasteiger partial charge in [-0.25, -0.2) is 0 Å². The normalized spacial score (nSPS) is 12.9. The van der Waals surface area contributed by atoms with E-state index in [1.807, 2.05) is 6.07 Å². The summed E-state index contributed by atoms with van der Waals surface area (Å²) in [6.07, 6.45) is -5.15. The van der Waals surface area contributed by atoms with Gasteiger partial charge in [0, 0.05) is 10.6 Å². The Morgan fingerprint density at radius 3 is 2.38 bits per heavy atom. The molecule has 2 rings (SSSR count). The lowest BCUT2D eigenvalue weighted by molar-refractivity contribution is -0.137. The molecule has 130 valence electrons. The molecule has 2 aromatic carbocycles. The standard InChI is InChI=1S/C17H17F3O3S/c1-11-8-15(6-7-16(11)22)24-10-13(21)9-23-14-4-2-12(3-5-14)17(18,19)20/h2-8,13,21-22H,9-10H2,1H3/t13-/m1/s1. The van der Waals surface area contributed by atoms with Crippen LogP contribution >= 0.6 is 11.8 Å². The Kier molecular flexibility index (Phi) is 6.01. The maximum absolute atomic E-state index is 12.4. The number of thioether (sulfide) groups is 1. The second kappa shape index (κ2) is 7.81. The molecule has 0 amide bonds. The topological polar surface area (TPSA) is 49.7 Å². The summed E-state index contributed by atoms with van der Waals surface area (Å²) < 4.78 is 42.6. The smallest absolute Gasteiger partial charge is 0.416 e. The van der Waals surface area contributed by atoms with Crippen LogP contribution in [0.25, 0.3) is 0 Å². The molecule has 0 aliphatic heterocycles. The van der Waals surface area contributed by atoms with E-state index in [-0.39, 0.29) is 18.1 Å². The number of hydrogen-bond donors (Lipinski definition) is 2. The number of aliphatic hydroxyl groups is 1. The van der Waals surface area contributed by atoms with Gasteiger partial charge in [-0.05, 0) is 55.0 Å². The highest BCUT2D eigenvalue weighted by Gasteiger charge is 2.30. The number of alkyl halides is 3. The zero-order valence-corrected chi connectivity index (χ0v) is 13.7. The molecule has 0 saturated heterocycles. The minimum atomic E-state index is -4.38. The lowest BCUT2D eigenvalue weighted by Crippen LogP contribution is -2.20. The van der Waals surface area contributed by atoms with E-state index in [0.717, 1.165) is 22.6 Å². The zero-order valence-electron chi connectivity index (χ0n) is 12.9. The van der Waals surface area contributed by atoms with Crippen LogP contribution in [0.4, 0.5) is 13.2 Å². The van der Waals surface area contributed by atoms with Crippen molar-refractivity contribution in [3.05, 3.63) is 53.6 Å². The SMILES string of the molecule is Cc1cc(SC[C@H](O)COc2ccc(C(F)(F)F)cc2)ccc1O. The van der Waals surface area contributed by atoms with Crippen molar-refractivity contribution in [1.29, 1.82) is 0 Å². The molecule has 0 aromatic heterocycles. The van der Waals surface area contributed by atoms with Crippen LogP contribution in [0.5, 0.6) is 11.5 Å². The van der Waals surface area contributed by atoms with E-state index < -0.39 is 17.8 Å². The Bertz CT molecular complexity index is 672. The number of benzene rings is 2. The van der Waals surface area contributed by atoms with Crippen LogP contribution in [-0.4, -0.2) is 28.7 Å². The van der Waals surface area contributed by atoms with Crippen LogP contribution in [-0.2, 0) is 6.18 Å². The summed E-state index contributed by atoms with van der Waals surface area (Å²) in [6, 6.07) is 9.48. The molecule has 0 spiro atoms. The number of aryl methyl sites for hydroxylation is 1. The van der Waals surface area contributed by atoms with Crippen LogP contribution in [0.1, 0.15) is 11.1 Å². The number of halogens is 3. The molecule has 3 nitrogen and oxygen atoms in total. The van der Waals surface area contributed by atoms with E-state index in [1.165, 1.54) is 23.9 Å². The largest absolute Gasteiger partial charge is 0.508 e. The molecule has 0 aliphatic carbocycles. The van der Waals surface area contributed by atoms with Gasteiger partial charge in [-0.15, -0.1) is 11.8 Å². The fourth-order valence-electron chi connectivity index (χ4n) is 1.89. The first-order valence-corrected chi connectivity index (χ1v) is 8.15. The summed E-state index contributed by atoms with van der Waals surface area (Å²) in [7, 11) is 0. The van der Waals surface area contributed by atoms with Gasteiger partial charge in [0.1, 0.15) is 18.1 Å². The Hall–Kier alpha value is -1.86. The first-order valence-electron chi connectivity index (χ1n) is 7.16. The minimum Gasteiger partial charge on any atom is -0.508 e. The van der Waals surface area contributed by atoms with E-state index in [2.05, 4.69) is 0 Å². The molecule has 0 heterocycles. The first kappa shape index (κ1) is 18.5. The number of ether oxygens (including phenoxy) is 1. The van der Waals surface area contributed by atoms with Crippen LogP contribution in [0.15, 0.2) is 47.4 Å². The van der Waals surface area contributed by atoms with Crippen molar-refractivity contribution in [2.24, 2.45) is 0 Å². The Morgan fingerprint density at radius 1 is 1.12 bits per heavy atom. The molecule has 0 aliphatic rings. The third-order valence-electron chi connectivity index (χ3n) is 3.23. The van der Waals surface area contributed by atoms with Crippen molar-refractivity contribution in [3.63, 3.8) is 0 Å². The lowest BCUT2D eigenvalue weighted by Gasteiger charge is -2.13. The number of rotatable bonds is 6. The summed E-state index contributed by atoms with van der Waals surface area (Å²) in [4.78, 5) is 0.902. The van der Waals surface area contributed by atoms with Crippen LogP contribution < -0.4 is 4.74 Å². The van der Waals surface area contributed by atoms with Gasteiger partial charge in [0.2, 0.25) is 0 Å². The van der Waals surface area contributed by atoms with Gasteiger partial charge in [0.05, 0.1) is 11.7 Å². The zero-order chi connectivity index (χ0) is 17.7. The third-order valence-corrected chi connectivity index (χ3v) is 4.37. The number of hydrogen-bond acceptors (Lipinski definition) is 4. The summed E-state index contributed by atoms with van der Waals surface area (Å²) >= 11 is 1.40. The summed E-state index contributed by atoms with van der Waals surface area (Å²) in [5.41, 5.74) is 0.00384. The van der Waals surface area contributed by atoms with Crippen molar-refractivity contribution in [3.8, 4) is 11.5 Å². The Labute approximate surface area is 142 Å². The van der Waals surface area contributed by atoms with Gasteiger partial charge >= 0.3 is 6.18 Å². The van der Waals surface area contributed by atoms with Gasteiger partial charge in [0.15, 0.2) is 0 Å². The van der Waals surface area contributed by atoms with Crippen molar-refractivity contribution < 1.29 is 28.1 Å². The number of aromatic hydroxyl groups is 1. The second-order valence-corrected chi connectivity index (χ2v) is 6.34. The predicted octanol–water partition coefficient (Wildman–Crippen LogP) is 4.25. The number of aliphatic hydroxyl groups excluding tert-OH is 1. The van der Waals surface area contributed by atoms with E-state index in [1.54, 1.807) is 19.1 Å². The number of phenols is 1. The van der Waals surface area contributed by atoms with Crippen LogP contribution in [0, 0.1) is 6.92 Å². The van der Waals surface area contributed by atoms with E-state index in [0.29, 0.717) is 5.75 Å². The third kappa shape index (κ3) is 5.35. The summed E-state index contributed by atoms with van der Waals surface area (Å²) in [6.45, 7) is 1.76. The molecule has 0 fully saturated rings. The molecule has 24 heavy (non-hydrogen) atoms. The molecular weight excluding hydrogens is 341 g/mol.